The molecule has 1 aliphatic heterocycles. The van der Waals surface area contributed by atoms with Crippen molar-refractivity contribution in [1.82, 2.24) is 4.90 Å². The number of nitrogens with zero attached hydrogens (tertiary/aromatic N) is 1. The zero-order valence-corrected chi connectivity index (χ0v) is 11.9. The van der Waals surface area contributed by atoms with Gasteiger partial charge in [-0.3, -0.25) is 4.90 Å². The first-order valence-electron chi connectivity index (χ1n) is 7.49. The third-order valence-electron chi connectivity index (χ3n) is 3.87. The Morgan fingerprint density at radius 1 is 0.850 bits per heavy atom. The van der Waals surface area contributed by atoms with E-state index in [-0.39, 0.29) is 0 Å². The molecule has 1 heterocycles. The maximum atomic E-state index is 3.51. The normalized spacial score (nSPS) is 15.4. The smallest absolute Gasteiger partial charge is 0.0400 e. The molecular weight excluding hydrogens is 244 g/mol. The number of nitrogens with one attached hydrogen (secondary N) is 1. The first-order valence-corrected chi connectivity index (χ1v) is 7.49. The maximum absolute atomic E-state index is 3.51. The lowest BCUT2D eigenvalue weighted by Gasteiger charge is -2.15. The molecule has 0 radical (unpaired) electrons. The van der Waals surface area contributed by atoms with Crippen molar-refractivity contribution in [3.63, 3.8) is 0 Å². The molecule has 3 rings (SSSR count). The van der Waals surface area contributed by atoms with Crippen molar-refractivity contribution in [2.45, 2.75) is 25.9 Å². The van der Waals surface area contributed by atoms with Gasteiger partial charge in [0.05, 0.1) is 0 Å². The Hall–Kier alpha value is -1.80. The Morgan fingerprint density at radius 3 is 2.40 bits per heavy atom. The third kappa shape index (κ3) is 3.61. The molecule has 1 fully saturated rings. The van der Waals surface area contributed by atoms with Crippen LogP contribution in [-0.2, 0) is 13.1 Å². The lowest BCUT2D eigenvalue weighted by Crippen LogP contribution is -2.18. The second-order valence-electron chi connectivity index (χ2n) is 5.52. The standard InChI is InChI=1S/C18H22N2/c1-2-7-16(8-3-1)14-19-18-10-6-9-17(13-18)15-20-11-4-5-12-20/h1-3,6-10,13,19H,4-5,11-12,14-15H2. The van der Waals surface area contributed by atoms with Crippen molar-refractivity contribution in [2.75, 3.05) is 18.4 Å². The van der Waals surface area contributed by atoms with Gasteiger partial charge in [0.25, 0.3) is 0 Å². The van der Waals surface area contributed by atoms with E-state index in [9.17, 15) is 0 Å². The van der Waals surface area contributed by atoms with Gasteiger partial charge in [0.1, 0.15) is 0 Å². The predicted octanol–water partition coefficient (Wildman–Crippen LogP) is 3.89. The van der Waals surface area contributed by atoms with Gasteiger partial charge in [-0.15, -0.1) is 0 Å². The second-order valence-corrected chi connectivity index (χ2v) is 5.52. The SMILES string of the molecule is c1ccc(CNc2cccc(CN3CCCC3)c2)cc1. The molecule has 0 atom stereocenters. The highest BCUT2D eigenvalue weighted by Crippen LogP contribution is 2.16. The van der Waals surface area contributed by atoms with Crippen LogP contribution in [0.3, 0.4) is 0 Å². The number of anilines is 1. The maximum Gasteiger partial charge on any atom is 0.0400 e. The van der Waals surface area contributed by atoms with E-state index < -0.39 is 0 Å². The Labute approximate surface area is 121 Å². The van der Waals surface area contributed by atoms with E-state index >= 15 is 0 Å². The number of likely N-dealkylation sites (tertiary alicyclic amines) is 1. The highest BCUT2D eigenvalue weighted by atomic mass is 15.1. The van der Waals surface area contributed by atoms with E-state index in [0.717, 1.165) is 13.1 Å². The van der Waals surface area contributed by atoms with Crippen LogP contribution >= 0.6 is 0 Å². The zero-order chi connectivity index (χ0) is 13.6. The Bertz CT molecular complexity index is 530. The van der Waals surface area contributed by atoms with Crippen LogP contribution in [0.4, 0.5) is 5.69 Å². The van der Waals surface area contributed by atoms with E-state index in [1.54, 1.807) is 0 Å². The summed E-state index contributed by atoms with van der Waals surface area (Å²) in [6.07, 6.45) is 2.71. The Kier molecular flexibility index (Phi) is 4.34. The summed E-state index contributed by atoms with van der Waals surface area (Å²) >= 11 is 0. The molecular formula is C18H22N2. The molecule has 20 heavy (non-hydrogen) atoms. The molecule has 0 bridgehead atoms. The molecule has 2 heteroatoms. The summed E-state index contributed by atoms with van der Waals surface area (Å²) < 4.78 is 0. The molecule has 1 saturated heterocycles. The van der Waals surface area contributed by atoms with Crippen molar-refractivity contribution in [3.8, 4) is 0 Å². The van der Waals surface area contributed by atoms with Gasteiger partial charge in [-0.1, -0.05) is 42.5 Å². The van der Waals surface area contributed by atoms with Crippen molar-refractivity contribution >= 4 is 5.69 Å². The number of hydrogen-bond acceptors (Lipinski definition) is 2. The van der Waals surface area contributed by atoms with Crippen LogP contribution in [0.5, 0.6) is 0 Å². The van der Waals surface area contributed by atoms with Crippen LogP contribution in [0, 0.1) is 0 Å². The van der Waals surface area contributed by atoms with Gasteiger partial charge in [0.2, 0.25) is 0 Å². The molecule has 2 aromatic rings. The topological polar surface area (TPSA) is 15.3 Å². The van der Waals surface area contributed by atoms with E-state index in [1.807, 2.05) is 0 Å². The van der Waals surface area contributed by atoms with Crippen molar-refractivity contribution < 1.29 is 0 Å². The summed E-state index contributed by atoms with van der Waals surface area (Å²) in [6, 6.07) is 19.3. The lowest BCUT2D eigenvalue weighted by molar-refractivity contribution is 0.331. The minimum absolute atomic E-state index is 0.883. The van der Waals surface area contributed by atoms with Crippen molar-refractivity contribution in [3.05, 3.63) is 65.7 Å². The molecule has 104 valence electrons. The van der Waals surface area contributed by atoms with E-state index in [0.29, 0.717) is 0 Å². The molecule has 2 nitrogen and oxygen atoms in total. The van der Waals surface area contributed by atoms with Crippen molar-refractivity contribution in [2.24, 2.45) is 0 Å². The highest BCUT2D eigenvalue weighted by molar-refractivity contribution is 5.46. The average Bonchev–Trinajstić information content (AvgIpc) is 3.00. The van der Waals surface area contributed by atoms with Gasteiger partial charge < -0.3 is 5.32 Å². The molecule has 0 aliphatic carbocycles. The summed E-state index contributed by atoms with van der Waals surface area (Å²) in [7, 11) is 0. The largest absolute Gasteiger partial charge is 0.381 e. The van der Waals surface area contributed by atoms with Crippen LogP contribution in [0.2, 0.25) is 0 Å². The van der Waals surface area contributed by atoms with Gasteiger partial charge in [-0.2, -0.15) is 0 Å². The molecule has 0 saturated carbocycles. The van der Waals surface area contributed by atoms with Gasteiger partial charge >= 0.3 is 0 Å². The van der Waals surface area contributed by atoms with Crippen LogP contribution in [-0.4, -0.2) is 18.0 Å². The molecule has 2 aromatic carbocycles. The third-order valence-corrected chi connectivity index (χ3v) is 3.87. The fourth-order valence-corrected chi connectivity index (χ4v) is 2.78. The molecule has 1 aliphatic rings. The Balaban J connectivity index is 1.59. The van der Waals surface area contributed by atoms with Crippen LogP contribution in [0.1, 0.15) is 24.0 Å². The minimum Gasteiger partial charge on any atom is -0.381 e. The van der Waals surface area contributed by atoms with Crippen LogP contribution in [0.15, 0.2) is 54.6 Å². The summed E-state index contributed by atoms with van der Waals surface area (Å²) in [5.41, 5.74) is 3.94. The minimum atomic E-state index is 0.883. The first-order chi connectivity index (χ1) is 9.90. The molecule has 0 aromatic heterocycles. The fourth-order valence-electron chi connectivity index (χ4n) is 2.78. The van der Waals surface area contributed by atoms with Crippen LogP contribution in [0.25, 0.3) is 0 Å². The monoisotopic (exact) mass is 266 g/mol. The van der Waals surface area contributed by atoms with E-state index in [4.69, 9.17) is 0 Å². The number of rotatable bonds is 5. The highest BCUT2D eigenvalue weighted by Gasteiger charge is 2.11. The number of hydrogen-bond donors (Lipinski definition) is 1. The molecule has 0 amide bonds. The van der Waals surface area contributed by atoms with Crippen LogP contribution < -0.4 is 5.32 Å². The summed E-state index contributed by atoms with van der Waals surface area (Å²) in [5.74, 6) is 0. The van der Waals surface area contributed by atoms with E-state index in [2.05, 4.69) is 64.8 Å². The summed E-state index contributed by atoms with van der Waals surface area (Å²) in [5, 5.41) is 3.51. The van der Waals surface area contributed by atoms with Gasteiger partial charge in [-0.05, 0) is 49.2 Å². The molecule has 1 N–H and O–H groups in total. The van der Waals surface area contributed by atoms with E-state index in [1.165, 1.54) is 42.7 Å². The fraction of sp³-hybridized carbons (Fsp3) is 0.333. The number of benzene rings is 2. The van der Waals surface area contributed by atoms with Gasteiger partial charge in [0.15, 0.2) is 0 Å². The quantitative estimate of drug-likeness (QED) is 0.883. The van der Waals surface area contributed by atoms with Gasteiger partial charge in [-0.25, -0.2) is 0 Å². The second kappa shape index (κ2) is 6.58. The van der Waals surface area contributed by atoms with Crippen molar-refractivity contribution in [1.29, 1.82) is 0 Å². The Morgan fingerprint density at radius 2 is 1.60 bits per heavy atom. The predicted molar refractivity (Wildman–Crippen MR) is 84.7 cm³/mol. The zero-order valence-electron chi connectivity index (χ0n) is 11.9. The molecule has 0 unspecified atom stereocenters. The summed E-state index contributed by atoms with van der Waals surface area (Å²) in [6.45, 7) is 4.47. The summed E-state index contributed by atoms with van der Waals surface area (Å²) in [4.78, 5) is 2.54. The molecule has 0 spiro atoms. The first kappa shape index (κ1) is 13.2. The van der Waals surface area contributed by atoms with Gasteiger partial charge in [0, 0.05) is 18.8 Å². The average molecular weight is 266 g/mol. The lowest BCUT2D eigenvalue weighted by atomic mass is 10.1.